The summed E-state index contributed by atoms with van der Waals surface area (Å²) in [5.74, 6) is -2.66. The van der Waals surface area contributed by atoms with Crippen LogP contribution in [0.15, 0.2) is 22.2 Å². The fourth-order valence-corrected chi connectivity index (χ4v) is 2.98. The normalized spacial score (nSPS) is 25.8. The molecule has 4 atom stereocenters. The Bertz CT molecular complexity index is 909. The minimum atomic E-state index is -1.87. The van der Waals surface area contributed by atoms with Gasteiger partial charge in [-0.1, -0.05) is 39.7 Å². The molecule has 1 aliphatic rings. The fraction of sp³-hybridized carbons (Fsp3) is 0.667. The van der Waals surface area contributed by atoms with E-state index in [0.717, 1.165) is 4.57 Å². The molecule has 2 rings (SSSR count). The van der Waals surface area contributed by atoms with Crippen molar-refractivity contribution in [1.29, 1.82) is 0 Å². The van der Waals surface area contributed by atoms with Crippen LogP contribution in [0.2, 0.25) is 0 Å². The number of nitrogen functional groups attached to an aromatic ring is 1. The molecule has 1 saturated heterocycles. The third kappa shape index (κ3) is 4.71. The zero-order valence-corrected chi connectivity index (χ0v) is 17.5. The molecular weight excluding hydrogens is 396 g/mol. The van der Waals surface area contributed by atoms with Crippen LogP contribution in [-0.4, -0.2) is 39.9 Å². The van der Waals surface area contributed by atoms with Gasteiger partial charge in [-0.3, -0.25) is 14.2 Å². The van der Waals surface area contributed by atoms with Crippen LogP contribution in [0.4, 0.5) is 5.82 Å². The standard InChI is InChI=1S/C18H26N6O6/c1-9(2)15(25)28-8-18(22-23-20)13(29-16(26)10(3)4)11(5)14(30-18)24-7-6-12(19)21-17(24)27/h6-7,9-11,13-14H,8H2,1-5H3,(H2,19,21,27)/t11-,13-,14+,18+/m0/s1. The molecule has 0 radical (unpaired) electrons. The number of hydrogen-bond donors (Lipinski definition) is 1. The van der Waals surface area contributed by atoms with Gasteiger partial charge in [0.05, 0.1) is 11.8 Å². The third-order valence-electron chi connectivity index (χ3n) is 4.64. The number of carbonyl (C=O) groups is 2. The SMILES string of the molecule is CC(C)C(=O)OC[C@@]1(N=[N+]=[N-])O[C@@H](n2ccc(N)nc2=O)[C@@H](C)[C@@H]1OC(=O)C(C)C. The minimum Gasteiger partial charge on any atom is -0.462 e. The maximum atomic E-state index is 12.3. The zero-order valence-electron chi connectivity index (χ0n) is 17.5. The highest BCUT2D eigenvalue weighted by molar-refractivity contribution is 5.72. The van der Waals surface area contributed by atoms with Crippen LogP contribution in [0, 0.1) is 17.8 Å². The van der Waals surface area contributed by atoms with Gasteiger partial charge in [0, 0.05) is 17.0 Å². The highest BCUT2D eigenvalue weighted by atomic mass is 16.6. The molecule has 12 nitrogen and oxygen atoms in total. The van der Waals surface area contributed by atoms with Gasteiger partial charge in [0.2, 0.25) is 5.72 Å². The molecule has 0 saturated carbocycles. The molecule has 1 fully saturated rings. The summed E-state index contributed by atoms with van der Waals surface area (Å²) in [6, 6.07) is 1.40. The predicted octanol–water partition coefficient (Wildman–Crippen LogP) is 1.76. The van der Waals surface area contributed by atoms with E-state index < -0.39 is 60.0 Å². The van der Waals surface area contributed by atoms with Crippen LogP contribution in [0.25, 0.3) is 10.4 Å². The molecule has 30 heavy (non-hydrogen) atoms. The van der Waals surface area contributed by atoms with E-state index in [1.807, 2.05) is 0 Å². The lowest BCUT2D eigenvalue weighted by Gasteiger charge is -2.30. The van der Waals surface area contributed by atoms with Gasteiger partial charge in [-0.25, -0.2) is 4.79 Å². The van der Waals surface area contributed by atoms with Crippen molar-refractivity contribution in [2.75, 3.05) is 12.3 Å². The molecule has 1 aromatic rings. The molecule has 2 heterocycles. The number of esters is 2. The number of nitrogens with two attached hydrogens (primary N) is 1. The van der Waals surface area contributed by atoms with Crippen molar-refractivity contribution >= 4 is 17.8 Å². The molecule has 0 bridgehead atoms. The summed E-state index contributed by atoms with van der Waals surface area (Å²) in [6.45, 7) is 7.72. The molecule has 2 N–H and O–H groups in total. The second-order valence-electron chi connectivity index (χ2n) is 7.72. The summed E-state index contributed by atoms with van der Waals surface area (Å²) in [4.78, 5) is 43.1. The maximum absolute atomic E-state index is 12.3. The molecule has 0 aromatic carbocycles. The Morgan fingerprint density at radius 2 is 2.00 bits per heavy atom. The van der Waals surface area contributed by atoms with Crippen LogP contribution in [0.1, 0.15) is 40.8 Å². The van der Waals surface area contributed by atoms with Crippen molar-refractivity contribution in [1.82, 2.24) is 9.55 Å². The summed E-state index contributed by atoms with van der Waals surface area (Å²) in [7, 11) is 0. The molecule has 1 aliphatic heterocycles. The summed E-state index contributed by atoms with van der Waals surface area (Å²) in [5.41, 5.74) is 12.1. The number of azide groups is 1. The van der Waals surface area contributed by atoms with Crippen molar-refractivity contribution in [2.24, 2.45) is 22.9 Å². The van der Waals surface area contributed by atoms with Gasteiger partial charge in [0.15, 0.2) is 0 Å². The van der Waals surface area contributed by atoms with Crippen molar-refractivity contribution in [2.45, 2.75) is 52.7 Å². The number of aromatic nitrogens is 2. The number of anilines is 1. The Morgan fingerprint density at radius 1 is 1.37 bits per heavy atom. The Kier molecular flexibility index (Phi) is 7.06. The molecule has 0 aliphatic carbocycles. The summed E-state index contributed by atoms with van der Waals surface area (Å²) < 4.78 is 17.9. The number of ether oxygens (including phenoxy) is 3. The molecule has 12 heteroatoms. The minimum absolute atomic E-state index is 0.0249. The van der Waals surface area contributed by atoms with Gasteiger partial charge in [0.1, 0.15) is 24.8 Å². The van der Waals surface area contributed by atoms with Crippen LogP contribution < -0.4 is 11.4 Å². The van der Waals surface area contributed by atoms with E-state index in [0.29, 0.717) is 0 Å². The van der Waals surface area contributed by atoms with E-state index in [9.17, 15) is 14.4 Å². The molecule has 164 valence electrons. The smallest absolute Gasteiger partial charge is 0.351 e. The molecule has 0 unspecified atom stereocenters. The Morgan fingerprint density at radius 3 is 2.53 bits per heavy atom. The van der Waals surface area contributed by atoms with E-state index in [1.54, 1.807) is 34.6 Å². The second-order valence-corrected chi connectivity index (χ2v) is 7.72. The van der Waals surface area contributed by atoms with E-state index in [1.165, 1.54) is 12.3 Å². The highest BCUT2D eigenvalue weighted by Crippen LogP contribution is 2.44. The van der Waals surface area contributed by atoms with Crippen molar-refractivity contribution in [3.8, 4) is 0 Å². The number of rotatable bonds is 7. The average Bonchev–Trinajstić information content (AvgIpc) is 2.92. The second kappa shape index (κ2) is 9.14. The number of carbonyl (C=O) groups excluding carboxylic acids is 2. The monoisotopic (exact) mass is 422 g/mol. The fourth-order valence-electron chi connectivity index (χ4n) is 2.98. The summed E-state index contributed by atoms with van der Waals surface area (Å²) in [6.07, 6.45) is -0.768. The van der Waals surface area contributed by atoms with Crippen LogP contribution >= 0.6 is 0 Å². The van der Waals surface area contributed by atoms with Crippen molar-refractivity contribution in [3.63, 3.8) is 0 Å². The Hall–Kier alpha value is -3.11. The first-order chi connectivity index (χ1) is 14.0. The van der Waals surface area contributed by atoms with E-state index in [-0.39, 0.29) is 5.82 Å². The van der Waals surface area contributed by atoms with E-state index in [2.05, 4.69) is 15.0 Å². The predicted molar refractivity (Wildman–Crippen MR) is 105 cm³/mol. The van der Waals surface area contributed by atoms with Gasteiger partial charge in [0.25, 0.3) is 0 Å². The lowest BCUT2D eigenvalue weighted by atomic mass is 9.97. The molecule has 1 aromatic heterocycles. The van der Waals surface area contributed by atoms with Crippen LogP contribution in [0.5, 0.6) is 0 Å². The average molecular weight is 422 g/mol. The third-order valence-corrected chi connectivity index (χ3v) is 4.64. The Labute approximate surface area is 172 Å². The largest absolute Gasteiger partial charge is 0.462 e. The molecular formula is C18H26N6O6. The number of nitrogens with zero attached hydrogens (tertiary/aromatic N) is 5. The first kappa shape index (κ1) is 23.2. The van der Waals surface area contributed by atoms with Gasteiger partial charge in [-0.05, 0) is 11.6 Å². The van der Waals surface area contributed by atoms with E-state index in [4.69, 9.17) is 25.5 Å². The van der Waals surface area contributed by atoms with Gasteiger partial charge in [-0.15, -0.1) is 0 Å². The lowest BCUT2D eigenvalue weighted by molar-refractivity contribution is -0.180. The van der Waals surface area contributed by atoms with Gasteiger partial charge >= 0.3 is 17.6 Å². The lowest BCUT2D eigenvalue weighted by Crippen LogP contribution is -2.47. The van der Waals surface area contributed by atoms with Gasteiger partial charge < -0.3 is 19.9 Å². The molecule has 0 amide bonds. The van der Waals surface area contributed by atoms with Crippen LogP contribution in [0.3, 0.4) is 0 Å². The topological polar surface area (TPSA) is 171 Å². The maximum Gasteiger partial charge on any atom is 0.351 e. The van der Waals surface area contributed by atoms with Crippen molar-refractivity contribution < 1.29 is 23.8 Å². The quantitative estimate of drug-likeness (QED) is 0.299. The first-order valence-electron chi connectivity index (χ1n) is 9.48. The first-order valence-corrected chi connectivity index (χ1v) is 9.48. The summed E-state index contributed by atoms with van der Waals surface area (Å²) in [5, 5.41) is 3.70. The molecule has 0 spiro atoms. The summed E-state index contributed by atoms with van der Waals surface area (Å²) >= 11 is 0. The van der Waals surface area contributed by atoms with Crippen LogP contribution in [-0.2, 0) is 23.8 Å². The number of hydrogen-bond acceptors (Lipinski definition) is 9. The Balaban J connectivity index is 2.50. The van der Waals surface area contributed by atoms with Crippen molar-refractivity contribution in [3.05, 3.63) is 33.2 Å². The van der Waals surface area contributed by atoms with E-state index >= 15 is 0 Å². The van der Waals surface area contributed by atoms with Gasteiger partial charge in [-0.2, -0.15) is 4.98 Å². The highest BCUT2D eigenvalue weighted by Gasteiger charge is 2.57. The zero-order chi connectivity index (χ0) is 22.6.